The third kappa shape index (κ3) is 3.88. The number of aromatic amines is 1. The van der Waals surface area contributed by atoms with Crippen LogP contribution in [-0.2, 0) is 19.6 Å². The monoisotopic (exact) mass is 383 g/mol. The number of hydrogen-bond donors (Lipinski definition) is 2. The van der Waals surface area contributed by atoms with Gasteiger partial charge in [-0.3, -0.25) is 14.3 Å². The van der Waals surface area contributed by atoms with Crippen molar-refractivity contribution in [3.05, 3.63) is 56.5 Å². The molecule has 2 heterocycles. The second-order valence-electron chi connectivity index (χ2n) is 7.34. The lowest BCUT2D eigenvalue weighted by Crippen LogP contribution is -2.31. The van der Waals surface area contributed by atoms with Gasteiger partial charge in [-0.25, -0.2) is 9.78 Å². The first kappa shape index (κ1) is 19.9. The fraction of sp³-hybridized carbons (Fsp3) is 0.476. The molecule has 2 N–H and O–H groups in total. The molecule has 7 heteroatoms. The van der Waals surface area contributed by atoms with Gasteiger partial charge < -0.3 is 9.88 Å². The van der Waals surface area contributed by atoms with Gasteiger partial charge in [0.1, 0.15) is 5.82 Å². The van der Waals surface area contributed by atoms with E-state index in [2.05, 4.69) is 60.3 Å². The van der Waals surface area contributed by atoms with Crippen LogP contribution in [0.1, 0.15) is 57.8 Å². The summed E-state index contributed by atoms with van der Waals surface area (Å²) < 4.78 is 3.46. The van der Waals surface area contributed by atoms with E-state index in [0.29, 0.717) is 36.7 Å². The number of rotatable bonds is 8. The highest BCUT2D eigenvalue weighted by Gasteiger charge is 2.17. The molecule has 3 aromatic rings. The van der Waals surface area contributed by atoms with Gasteiger partial charge in [-0.15, -0.1) is 0 Å². The van der Waals surface area contributed by atoms with E-state index in [0.717, 1.165) is 24.4 Å². The molecule has 0 radical (unpaired) electrons. The lowest BCUT2D eigenvalue weighted by atomic mass is 10.0. The van der Waals surface area contributed by atoms with Gasteiger partial charge in [0.2, 0.25) is 0 Å². The summed E-state index contributed by atoms with van der Waals surface area (Å²) in [7, 11) is 0. The van der Waals surface area contributed by atoms with Crippen molar-refractivity contribution >= 4 is 16.9 Å². The van der Waals surface area contributed by atoms with E-state index in [9.17, 15) is 9.59 Å². The number of hydrogen-bond acceptors (Lipinski definition) is 4. The van der Waals surface area contributed by atoms with E-state index < -0.39 is 5.69 Å². The first-order valence-electron chi connectivity index (χ1n) is 10.0. The number of H-pyrrole nitrogens is 1. The van der Waals surface area contributed by atoms with Crippen molar-refractivity contribution in [1.29, 1.82) is 0 Å². The predicted octanol–water partition coefficient (Wildman–Crippen LogP) is 3.44. The van der Waals surface area contributed by atoms with E-state index in [1.807, 2.05) is 11.5 Å². The quantitative estimate of drug-likeness (QED) is 0.624. The smallest absolute Gasteiger partial charge is 0.330 e. The van der Waals surface area contributed by atoms with Crippen molar-refractivity contribution in [2.24, 2.45) is 0 Å². The van der Waals surface area contributed by atoms with Gasteiger partial charge in [0.05, 0.1) is 6.54 Å². The molecule has 0 atom stereocenters. The molecular formula is C21H29N5O2. The number of nitrogens with one attached hydrogen (secondary N) is 2. The van der Waals surface area contributed by atoms with Crippen LogP contribution in [0.25, 0.3) is 11.2 Å². The number of benzene rings is 1. The van der Waals surface area contributed by atoms with Crippen molar-refractivity contribution in [3.8, 4) is 0 Å². The molecule has 0 aliphatic carbocycles. The number of aryl methyl sites for hydroxylation is 2. The van der Waals surface area contributed by atoms with Gasteiger partial charge in [-0.05, 0) is 37.0 Å². The second-order valence-corrected chi connectivity index (χ2v) is 7.34. The van der Waals surface area contributed by atoms with Crippen molar-refractivity contribution in [3.63, 3.8) is 0 Å². The summed E-state index contributed by atoms with van der Waals surface area (Å²) in [6, 6.07) is 8.34. The maximum Gasteiger partial charge on any atom is 0.330 e. The van der Waals surface area contributed by atoms with E-state index in [4.69, 9.17) is 0 Å². The number of imidazole rings is 1. The Morgan fingerprint density at radius 1 is 1.11 bits per heavy atom. The molecular weight excluding hydrogens is 354 g/mol. The summed E-state index contributed by atoms with van der Waals surface area (Å²) in [5, 5.41) is 3.38. The number of unbranched alkanes of at least 4 members (excludes halogenated alkanes) is 1. The molecule has 0 saturated carbocycles. The summed E-state index contributed by atoms with van der Waals surface area (Å²) in [5.41, 5.74) is 2.44. The predicted molar refractivity (Wildman–Crippen MR) is 113 cm³/mol. The lowest BCUT2D eigenvalue weighted by Gasteiger charge is -2.10. The van der Waals surface area contributed by atoms with Crippen LogP contribution in [0, 0.1) is 0 Å². The highest BCUT2D eigenvalue weighted by atomic mass is 16.2. The summed E-state index contributed by atoms with van der Waals surface area (Å²) >= 11 is 0. The summed E-state index contributed by atoms with van der Waals surface area (Å²) in [5.74, 6) is 1.23. The third-order valence-corrected chi connectivity index (χ3v) is 5.04. The van der Waals surface area contributed by atoms with Crippen molar-refractivity contribution < 1.29 is 0 Å². The molecule has 0 aliphatic heterocycles. The summed E-state index contributed by atoms with van der Waals surface area (Å²) in [6.45, 7) is 10.0. The Balaban J connectivity index is 1.95. The highest BCUT2D eigenvalue weighted by Crippen LogP contribution is 2.18. The summed E-state index contributed by atoms with van der Waals surface area (Å²) in [4.78, 5) is 31.8. The zero-order valence-electron chi connectivity index (χ0n) is 17.1. The molecule has 0 amide bonds. The Kier molecular flexibility index (Phi) is 6.02. The van der Waals surface area contributed by atoms with Crippen LogP contribution in [0.15, 0.2) is 33.9 Å². The molecule has 0 fully saturated rings. The van der Waals surface area contributed by atoms with Crippen molar-refractivity contribution in [1.82, 2.24) is 19.1 Å². The Labute approximate surface area is 164 Å². The van der Waals surface area contributed by atoms with Crippen LogP contribution in [0.2, 0.25) is 0 Å². The largest absolute Gasteiger partial charge is 0.378 e. The summed E-state index contributed by atoms with van der Waals surface area (Å²) in [6.07, 6.45) is 1.82. The fourth-order valence-corrected chi connectivity index (χ4v) is 3.38. The van der Waals surface area contributed by atoms with Gasteiger partial charge in [-0.1, -0.05) is 39.3 Å². The number of nitrogens with zero attached hydrogens (tertiary/aromatic N) is 3. The van der Waals surface area contributed by atoms with Crippen LogP contribution in [0.4, 0.5) is 5.69 Å². The maximum absolute atomic E-state index is 12.4. The van der Waals surface area contributed by atoms with Crippen LogP contribution >= 0.6 is 0 Å². The lowest BCUT2D eigenvalue weighted by molar-refractivity contribution is 0.613. The average molecular weight is 383 g/mol. The minimum atomic E-state index is -0.393. The molecule has 0 unspecified atom stereocenters. The molecule has 7 nitrogen and oxygen atoms in total. The van der Waals surface area contributed by atoms with E-state index in [1.54, 1.807) is 4.57 Å². The van der Waals surface area contributed by atoms with Gasteiger partial charge >= 0.3 is 5.69 Å². The van der Waals surface area contributed by atoms with Gasteiger partial charge in [0.25, 0.3) is 5.56 Å². The molecule has 0 aliphatic rings. The fourth-order valence-electron chi connectivity index (χ4n) is 3.38. The standard InChI is InChI=1S/C21H29N5O2/c1-5-7-12-26-19-18(20(27)24-21(26)28)25(6-2)17(23-19)13-22-16-10-8-15(9-11-16)14(3)4/h8-11,14,22H,5-7,12-13H2,1-4H3,(H,24,27,28). The zero-order chi connectivity index (χ0) is 20.3. The molecule has 1 aromatic carbocycles. The topological polar surface area (TPSA) is 84.7 Å². The highest BCUT2D eigenvalue weighted by molar-refractivity contribution is 5.71. The Morgan fingerprint density at radius 3 is 2.43 bits per heavy atom. The van der Waals surface area contributed by atoms with E-state index in [-0.39, 0.29) is 5.56 Å². The van der Waals surface area contributed by atoms with Gasteiger partial charge in [0, 0.05) is 18.8 Å². The molecule has 2 aromatic heterocycles. The van der Waals surface area contributed by atoms with Crippen molar-refractivity contribution in [2.45, 2.75) is 66.1 Å². The number of anilines is 1. The SMILES string of the molecule is CCCCn1c(=O)[nH]c(=O)c2c1nc(CNc1ccc(C(C)C)cc1)n2CC. The van der Waals surface area contributed by atoms with Gasteiger partial charge in [0.15, 0.2) is 11.2 Å². The van der Waals surface area contributed by atoms with E-state index >= 15 is 0 Å². The van der Waals surface area contributed by atoms with Crippen LogP contribution in [0.5, 0.6) is 0 Å². The minimum absolute atomic E-state index is 0.380. The molecule has 3 rings (SSSR count). The Hall–Kier alpha value is -2.83. The minimum Gasteiger partial charge on any atom is -0.378 e. The molecule has 0 saturated heterocycles. The molecule has 150 valence electrons. The number of aromatic nitrogens is 4. The molecule has 0 bridgehead atoms. The Bertz CT molecular complexity index is 1060. The molecule has 0 spiro atoms. The average Bonchev–Trinajstić information content (AvgIpc) is 3.05. The first-order chi connectivity index (χ1) is 13.5. The second kappa shape index (κ2) is 8.46. The van der Waals surface area contributed by atoms with Crippen LogP contribution in [-0.4, -0.2) is 19.1 Å². The normalized spacial score (nSPS) is 11.5. The van der Waals surface area contributed by atoms with Gasteiger partial charge in [-0.2, -0.15) is 0 Å². The first-order valence-corrected chi connectivity index (χ1v) is 10.0. The van der Waals surface area contributed by atoms with E-state index in [1.165, 1.54) is 5.56 Å². The molecule has 28 heavy (non-hydrogen) atoms. The Morgan fingerprint density at radius 2 is 1.82 bits per heavy atom. The van der Waals surface area contributed by atoms with Crippen LogP contribution in [0.3, 0.4) is 0 Å². The third-order valence-electron chi connectivity index (χ3n) is 5.04. The maximum atomic E-state index is 12.4. The van der Waals surface area contributed by atoms with Crippen molar-refractivity contribution in [2.75, 3.05) is 5.32 Å². The zero-order valence-corrected chi connectivity index (χ0v) is 17.1. The van der Waals surface area contributed by atoms with Crippen LogP contribution < -0.4 is 16.6 Å². The number of fused-ring (bicyclic) bond motifs is 1.